The Balaban J connectivity index is 1.83. The van der Waals surface area contributed by atoms with E-state index in [1.807, 2.05) is 6.92 Å². The number of halogens is 2. The van der Waals surface area contributed by atoms with Gasteiger partial charge < -0.3 is 10.6 Å². The standard InChI is InChI=1S/C16H24F2N2/c1-11(9-13-5-4-8-19-13)20-12(2)10-14-15(17)6-3-7-16(14)18/h3,6-7,11-13,19-20H,4-5,8-10H2,1-2H3. The second kappa shape index (κ2) is 7.14. The first-order chi connectivity index (χ1) is 9.56. The molecule has 0 bridgehead atoms. The molecule has 3 atom stereocenters. The van der Waals surface area contributed by atoms with Crippen LogP contribution < -0.4 is 10.6 Å². The number of hydrogen-bond donors (Lipinski definition) is 2. The molecule has 1 aromatic rings. The first-order valence-corrected chi connectivity index (χ1v) is 7.48. The third-order valence-corrected chi connectivity index (χ3v) is 3.94. The largest absolute Gasteiger partial charge is 0.314 e. The molecule has 112 valence electrons. The number of hydrogen-bond acceptors (Lipinski definition) is 2. The highest BCUT2D eigenvalue weighted by Crippen LogP contribution is 2.15. The van der Waals surface area contributed by atoms with Crippen molar-refractivity contribution in [2.75, 3.05) is 6.54 Å². The van der Waals surface area contributed by atoms with Crippen LogP contribution in [0.3, 0.4) is 0 Å². The van der Waals surface area contributed by atoms with E-state index in [9.17, 15) is 8.78 Å². The zero-order valence-corrected chi connectivity index (χ0v) is 12.3. The molecule has 0 radical (unpaired) electrons. The molecule has 0 saturated carbocycles. The summed E-state index contributed by atoms with van der Waals surface area (Å²) in [7, 11) is 0. The fraction of sp³-hybridized carbons (Fsp3) is 0.625. The molecule has 3 unspecified atom stereocenters. The molecule has 2 rings (SSSR count). The highest BCUT2D eigenvalue weighted by atomic mass is 19.1. The second-order valence-electron chi connectivity index (χ2n) is 5.90. The Bertz CT molecular complexity index is 410. The van der Waals surface area contributed by atoms with Crippen LogP contribution in [0.5, 0.6) is 0 Å². The second-order valence-corrected chi connectivity index (χ2v) is 5.90. The Morgan fingerprint density at radius 1 is 1.25 bits per heavy atom. The summed E-state index contributed by atoms with van der Waals surface area (Å²) in [6, 6.07) is 5.01. The van der Waals surface area contributed by atoms with Gasteiger partial charge in [-0.15, -0.1) is 0 Å². The topological polar surface area (TPSA) is 24.1 Å². The lowest BCUT2D eigenvalue weighted by Crippen LogP contribution is -2.39. The van der Waals surface area contributed by atoms with Gasteiger partial charge in [-0.05, 0) is 58.2 Å². The molecule has 1 aliphatic rings. The predicted octanol–water partition coefficient (Wildman–Crippen LogP) is 3.02. The van der Waals surface area contributed by atoms with Crippen molar-refractivity contribution in [3.63, 3.8) is 0 Å². The van der Waals surface area contributed by atoms with E-state index in [-0.39, 0.29) is 11.6 Å². The van der Waals surface area contributed by atoms with E-state index in [2.05, 4.69) is 17.6 Å². The van der Waals surface area contributed by atoms with Crippen LogP contribution in [0.4, 0.5) is 8.78 Å². The third kappa shape index (κ3) is 4.25. The van der Waals surface area contributed by atoms with Gasteiger partial charge in [0.1, 0.15) is 11.6 Å². The lowest BCUT2D eigenvalue weighted by Gasteiger charge is -2.23. The van der Waals surface area contributed by atoms with Gasteiger partial charge in [-0.3, -0.25) is 0 Å². The van der Waals surface area contributed by atoms with E-state index in [1.54, 1.807) is 0 Å². The quantitative estimate of drug-likeness (QED) is 0.838. The summed E-state index contributed by atoms with van der Waals surface area (Å²) in [6.07, 6.45) is 3.90. The summed E-state index contributed by atoms with van der Waals surface area (Å²) >= 11 is 0. The summed E-state index contributed by atoms with van der Waals surface area (Å²) in [5.74, 6) is -0.910. The minimum atomic E-state index is -0.455. The van der Waals surface area contributed by atoms with Crippen LogP contribution >= 0.6 is 0 Å². The van der Waals surface area contributed by atoms with Gasteiger partial charge in [-0.25, -0.2) is 8.78 Å². The zero-order valence-electron chi connectivity index (χ0n) is 12.3. The van der Waals surface area contributed by atoms with Crippen LogP contribution in [0, 0.1) is 11.6 Å². The molecule has 0 aliphatic carbocycles. The van der Waals surface area contributed by atoms with E-state index in [0.29, 0.717) is 18.5 Å². The Labute approximate surface area is 120 Å². The van der Waals surface area contributed by atoms with Gasteiger partial charge in [0, 0.05) is 23.7 Å². The fourth-order valence-electron chi connectivity index (χ4n) is 3.03. The van der Waals surface area contributed by atoms with Crippen LogP contribution in [0.2, 0.25) is 0 Å². The maximum atomic E-state index is 13.6. The van der Waals surface area contributed by atoms with Crippen molar-refractivity contribution in [2.45, 2.75) is 57.7 Å². The maximum absolute atomic E-state index is 13.6. The van der Waals surface area contributed by atoms with Crippen molar-refractivity contribution in [2.24, 2.45) is 0 Å². The Kier molecular flexibility index (Phi) is 5.49. The molecule has 20 heavy (non-hydrogen) atoms. The minimum Gasteiger partial charge on any atom is -0.314 e. The van der Waals surface area contributed by atoms with Crippen LogP contribution in [-0.2, 0) is 6.42 Å². The average molecular weight is 282 g/mol. The highest BCUT2D eigenvalue weighted by molar-refractivity contribution is 5.20. The molecule has 0 amide bonds. The molecule has 0 spiro atoms. The van der Waals surface area contributed by atoms with Crippen molar-refractivity contribution in [3.05, 3.63) is 35.4 Å². The van der Waals surface area contributed by atoms with Gasteiger partial charge >= 0.3 is 0 Å². The van der Waals surface area contributed by atoms with Crippen molar-refractivity contribution in [1.82, 2.24) is 10.6 Å². The molecular formula is C16H24F2N2. The zero-order chi connectivity index (χ0) is 14.5. The summed E-state index contributed by atoms with van der Waals surface area (Å²) in [5, 5.41) is 6.90. The molecule has 4 heteroatoms. The number of nitrogens with one attached hydrogen (secondary N) is 2. The third-order valence-electron chi connectivity index (χ3n) is 3.94. The van der Waals surface area contributed by atoms with Gasteiger partial charge in [0.05, 0.1) is 0 Å². The van der Waals surface area contributed by atoms with Crippen LogP contribution in [-0.4, -0.2) is 24.7 Å². The summed E-state index contributed by atoms with van der Waals surface area (Å²) in [5.41, 5.74) is 0.179. The van der Waals surface area contributed by atoms with Gasteiger partial charge in [0.15, 0.2) is 0 Å². The van der Waals surface area contributed by atoms with Crippen LogP contribution in [0.25, 0.3) is 0 Å². The minimum absolute atomic E-state index is 0.0535. The van der Waals surface area contributed by atoms with Crippen molar-refractivity contribution < 1.29 is 8.78 Å². The molecule has 1 fully saturated rings. The molecular weight excluding hydrogens is 258 g/mol. The highest BCUT2D eigenvalue weighted by Gasteiger charge is 2.19. The predicted molar refractivity (Wildman–Crippen MR) is 77.8 cm³/mol. The number of rotatable bonds is 6. The molecule has 2 nitrogen and oxygen atoms in total. The fourth-order valence-corrected chi connectivity index (χ4v) is 3.03. The Hall–Kier alpha value is -1.00. The monoisotopic (exact) mass is 282 g/mol. The number of benzene rings is 1. The SMILES string of the molecule is CC(Cc1c(F)cccc1F)NC(C)CC1CCCN1. The van der Waals surface area contributed by atoms with Gasteiger partial charge in [-0.2, -0.15) is 0 Å². The van der Waals surface area contributed by atoms with Crippen LogP contribution in [0.15, 0.2) is 18.2 Å². The molecule has 1 heterocycles. The lowest BCUT2D eigenvalue weighted by molar-refractivity contribution is 0.395. The molecule has 1 aliphatic heterocycles. The van der Waals surface area contributed by atoms with E-state index in [1.165, 1.54) is 31.0 Å². The molecule has 1 saturated heterocycles. The normalized spacial score (nSPS) is 21.9. The van der Waals surface area contributed by atoms with Crippen molar-refractivity contribution in [3.8, 4) is 0 Å². The average Bonchev–Trinajstić information content (AvgIpc) is 2.86. The van der Waals surface area contributed by atoms with E-state index >= 15 is 0 Å². The first kappa shape index (κ1) is 15.4. The first-order valence-electron chi connectivity index (χ1n) is 7.48. The van der Waals surface area contributed by atoms with Gasteiger partial charge in [0.2, 0.25) is 0 Å². The van der Waals surface area contributed by atoms with Gasteiger partial charge in [-0.1, -0.05) is 6.07 Å². The smallest absolute Gasteiger partial charge is 0.129 e. The molecule has 2 N–H and O–H groups in total. The summed E-state index contributed by atoms with van der Waals surface area (Å²) in [4.78, 5) is 0. The van der Waals surface area contributed by atoms with Gasteiger partial charge in [0.25, 0.3) is 0 Å². The van der Waals surface area contributed by atoms with E-state index in [0.717, 1.165) is 13.0 Å². The molecule has 1 aromatic carbocycles. The van der Waals surface area contributed by atoms with E-state index < -0.39 is 11.6 Å². The van der Waals surface area contributed by atoms with E-state index in [4.69, 9.17) is 0 Å². The summed E-state index contributed by atoms with van der Waals surface area (Å²) < 4.78 is 27.2. The van der Waals surface area contributed by atoms with Crippen molar-refractivity contribution in [1.29, 1.82) is 0 Å². The lowest BCUT2D eigenvalue weighted by atomic mass is 10.0. The maximum Gasteiger partial charge on any atom is 0.129 e. The van der Waals surface area contributed by atoms with Crippen LogP contribution in [0.1, 0.15) is 38.7 Å². The Morgan fingerprint density at radius 3 is 2.55 bits per heavy atom. The summed E-state index contributed by atoms with van der Waals surface area (Å²) in [6.45, 7) is 5.21. The molecule has 0 aromatic heterocycles. The van der Waals surface area contributed by atoms with Crippen molar-refractivity contribution >= 4 is 0 Å². The Morgan fingerprint density at radius 2 is 1.95 bits per heavy atom.